The Hall–Kier alpha value is -1.44. The summed E-state index contributed by atoms with van der Waals surface area (Å²) in [5.41, 5.74) is 1.21. The van der Waals surface area contributed by atoms with Crippen LogP contribution in [0.2, 0.25) is 0 Å². The van der Waals surface area contributed by atoms with Gasteiger partial charge in [0, 0.05) is 26.2 Å². The monoisotopic (exact) mass is 278 g/mol. The molecule has 0 aliphatic carbocycles. The molecule has 1 rings (SSSR count). The van der Waals surface area contributed by atoms with Crippen LogP contribution in [0.25, 0.3) is 0 Å². The predicted molar refractivity (Wildman–Crippen MR) is 77.8 cm³/mol. The first-order chi connectivity index (χ1) is 9.64. The minimum atomic E-state index is -0.352. The zero-order valence-electron chi connectivity index (χ0n) is 12.5. The summed E-state index contributed by atoms with van der Waals surface area (Å²) in [6.07, 6.45) is 2.08. The topological polar surface area (TPSA) is 36.3 Å². The lowest BCUT2D eigenvalue weighted by Gasteiger charge is -2.30. The molecule has 1 aromatic carbocycles. The summed E-state index contributed by atoms with van der Waals surface area (Å²) in [5.74, 6) is -0.352. The van der Waals surface area contributed by atoms with Crippen LogP contribution in [-0.4, -0.2) is 31.2 Å². The summed E-state index contributed by atoms with van der Waals surface area (Å²) in [7, 11) is 1.68. The molecular weight excluding hydrogens is 255 g/mol. The van der Waals surface area contributed by atoms with Crippen molar-refractivity contribution in [3.05, 3.63) is 35.1 Å². The Labute approximate surface area is 121 Å². The van der Waals surface area contributed by atoms with Crippen LogP contribution >= 0.6 is 0 Å². The van der Waals surface area contributed by atoms with E-state index in [9.17, 15) is 4.39 Å². The van der Waals surface area contributed by atoms with E-state index >= 15 is 0 Å². The summed E-state index contributed by atoms with van der Waals surface area (Å²) in [6.45, 7) is 6.40. The highest BCUT2D eigenvalue weighted by molar-refractivity contribution is 5.33. The van der Waals surface area contributed by atoms with Gasteiger partial charge in [-0.1, -0.05) is 13.8 Å². The lowest BCUT2D eigenvalue weighted by Crippen LogP contribution is -2.36. The smallest absolute Gasteiger partial charge is 0.124 e. The van der Waals surface area contributed by atoms with E-state index < -0.39 is 0 Å². The largest absolute Gasteiger partial charge is 0.383 e. The molecule has 0 heterocycles. The van der Waals surface area contributed by atoms with Crippen LogP contribution in [0.5, 0.6) is 0 Å². The maximum Gasteiger partial charge on any atom is 0.124 e. The number of hydrogen-bond acceptors (Lipinski definition) is 3. The molecule has 0 amide bonds. The van der Waals surface area contributed by atoms with Crippen molar-refractivity contribution in [3.8, 4) is 6.07 Å². The van der Waals surface area contributed by atoms with Crippen molar-refractivity contribution < 1.29 is 9.13 Å². The third kappa shape index (κ3) is 4.92. The van der Waals surface area contributed by atoms with E-state index in [0.717, 1.165) is 24.9 Å². The number of methoxy groups -OCH3 is 1. The summed E-state index contributed by atoms with van der Waals surface area (Å²) in [5, 5.41) is 8.91. The molecule has 110 valence electrons. The van der Waals surface area contributed by atoms with Crippen molar-refractivity contribution in [1.82, 2.24) is 4.90 Å². The zero-order valence-corrected chi connectivity index (χ0v) is 12.5. The van der Waals surface area contributed by atoms with E-state index in [0.29, 0.717) is 24.8 Å². The minimum Gasteiger partial charge on any atom is -0.383 e. The Morgan fingerprint density at radius 1 is 1.30 bits per heavy atom. The van der Waals surface area contributed by atoms with Gasteiger partial charge in [0.1, 0.15) is 5.82 Å². The van der Waals surface area contributed by atoms with Gasteiger partial charge in [-0.25, -0.2) is 4.39 Å². The lowest BCUT2D eigenvalue weighted by molar-refractivity contribution is 0.110. The fourth-order valence-corrected chi connectivity index (χ4v) is 2.45. The summed E-state index contributed by atoms with van der Waals surface area (Å²) >= 11 is 0. The van der Waals surface area contributed by atoms with Crippen molar-refractivity contribution in [2.75, 3.05) is 20.3 Å². The Balaban J connectivity index is 2.88. The summed E-state index contributed by atoms with van der Waals surface area (Å²) < 4.78 is 18.6. The van der Waals surface area contributed by atoms with Gasteiger partial charge in [0.2, 0.25) is 0 Å². The van der Waals surface area contributed by atoms with Gasteiger partial charge in [-0.3, -0.25) is 4.90 Å². The number of hydrogen-bond donors (Lipinski definition) is 0. The van der Waals surface area contributed by atoms with Crippen molar-refractivity contribution in [2.24, 2.45) is 0 Å². The molecule has 4 heteroatoms. The molecule has 20 heavy (non-hydrogen) atoms. The Morgan fingerprint density at radius 2 is 2.00 bits per heavy atom. The van der Waals surface area contributed by atoms with Crippen LogP contribution in [0.1, 0.15) is 37.8 Å². The van der Waals surface area contributed by atoms with Crippen LogP contribution in [0.4, 0.5) is 4.39 Å². The summed E-state index contributed by atoms with van der Waals surface area (Å²) in [4.78, 5) is 2.29. The Kier molecular flexibility index (Phi) is 7.21. The van der Waals surface area contributed by atoms with Gasteiger partial charge in [-0.15, -0.1) is 0 Å². The first-order valence-corrected chi connectivity index (χ1v) is 7.07. The molecule has 0 fully saturated rings. The molecule has 0 saturated heterocycles. The number of rotatable bonds is 8. The van der Waals surface area contributed by atoms with Crippen molar-refractivity contribution in [3.63, 3.8) is 0 Å². The Morgan fingerprint density at radius 3 is 2.55 bits per heavy atom. The molecule has 0 bridgehead atoms. The quantitative estimate of drug-likeness (QED) is 0.731. The normalized spacial score (nSPS) is 11.1. The van der Waals surface area contributed by atoms with Gasteiger partial charge in [-0.05, 0) is 36.6 Å². The number of ether oxygens (including phenoxy) is 1. The fraction of sp³-hybridized carbons (Fsp3) is 0.562. The van der Waals surface area contributed by atoms with E-state index in [4.69, 9.17) is 10.00 Å². The van der Waals surface area contributed by atoms with Crippen molar-refractivity contribution in [1.29, 1.82) is 5.26 Å². The van der Waals surface area contributed by atoms with Gasteiger partial charge in [0.25, 0.3) is 0 Å². The molecule has 0 unspecified atom stereocenters. The highest BCUT2D eigenvalue weighted by Crippen LogP contribution is 2.16. The molecule has 0 radical (unpaired) electrons. The highest BCUT2D eigenvalue weighted by atomic mass is 19.1. The van der Waals surface area contributed by atoms with E-state index in [1.165, 1.54) is 12.1 Å². The lowest BCUT2D eigenvalue weighted by atomic mass is 10.1. The standard InChI is InChI=1S/C16H23FN2O/c1-4-16(5-2)19(6-7-20-3)12-14-8-13(11-18)9-15(17)10-14/h8-10,16H,4-7,12H2,1-3H3. The number of halogens is 1. The highest BCUT2D eigenvalue weighted by Gasteiger charge is 2.15. The maximum absolute atomic E-state index is 13.5. The first kappa shape index (κ1) is 16.6. The maximum atomic E-state index is 13.5. The molecule has 0 aliphatic rings. The van der Waals surface area contributed by atoms with Crippen LogP contribution in [-0.2, 0) is 11.3 Å². The van der Waals surface area contributed by atoms with Gasteiger partial charge in [-0.2, -0.15) is 5.26 Å². The average Bonchev–Trinajstić information content (AvgIpc) is 2.45. The molecular formula is C16H23FN2O. The average molecular weight is 278 g/mol. The van der Waals surface area contributed by atoms with Crippen LogP contribution in [0, 0.1) is 17.1 Å². The molecule has 0 N–H and O–H groups in total. The second-order valence-electron chi connectivity index (χ2n) is 4.89. The molecule has 0 aromatic heterocycles. The summed E-state index contributed by atoms with van der Waals surface area (Å²) in [6, 6.07) is 6.96. The number of benzene rings is 1. The first-order valence-electron chi connectivity index (χ1n) is 7.07. The van der Waals surface area contributed by atoms with Gasteiger partial charge in [0.15, 0.2) is 0 Å². The van der Waals surface area contributed by atoms with Gasteiger partial charge in [0.05, 0.1) is 18.2 Å². The molecule has 0 spiro atoms. The van der Waals surface area contributed by atoms with Crippen LogP contribution in [0.3, 0.4) is 0 Å². The molecule has 0 atom stereocenters. The van der Waals surface area contributed by atoms with Gasteiger partial charge < -0.3 is 4.74 Å². The number of nitrogens with zero attached hydrogens (tertiary/aromatic N) is 2. The second-order valence-corrected chi connectivity index (χ2v) is 4.89. The van der Waals surface area contributed by atoms with E-state index in [1.807, 2.05) is 6.07 Å². The predicted octanol–water partition coefficient (Wildman–Crippen LogP) is 3.33. The second kappa shape index (κ2) is 8.68. The fourth-order valence-electron chi connectivity index (χ4n) is 2.45. The third-order valence-corrected chi connectivity index (χ3v) is 3.51. The van der Waals surface area contributed by atoms with Crippen molar-refractivity contribution in [2.45, 2.75) is 39.3 Å². The van der Waals surface area contributed by atoms with Crippen LogP contribution < -0.4 is 0 Å². The minimum absolute atomic E-state index is 0.352. The van der Waals surface area contributed by atoms with Crippen LogP contribution in [0.15, 0.2) is 18.2 Å². The SMILES string of the molecule is CCC(CC)N(CCOC)Cc1cc(F)cc(C#N)c1. The molecule has 1 aromatic rings. The van der Waals surface area contributed by atoms with E-state index in [2.05, 4.69) is 18.7 Å². The van der Waals surface area contributed by atoms with Gasteiger partial charge >= 0.3 is 0 Å². The Bertz CT molecular complexity index is 452. The van der Waals surface area contributed by atoms with Crippen molar-refractivity contribution >= 4 is 0 Å². The van der Waals surface area contributed by atoms with E-state index in [-0.39, 0.29) is 5.82 Å². The third-order valence-electron chi connectivity index (χ3n) is 3.51. The zero-order chi connectivity index (χ0) is 15.0. The van der Waals surface area contributed by atoms with E-state index in [1.54, 1.807) is 13.2 Å². The molecule has 3 nitrogen and oxygen atoms in total. The molecule has 0 aliphatic heterocycles. The number of nitriles is 1. The molecule has 0 saturated carbocycles.